The molecule has 0 fully saturated rings. The molecule has 0 amide bonds. The first kappa shape index (κ1) is 48.4. The molecule has 0 aliphatic rings. The van der Waals surface area contributed by atoms with Gasteiger partial charge in [-0.1, -0.05) is 113 Å². The van der Waals surface area contributed by atoms with Crippen LogP contribution in [0.15, 0.2) is 46.6 Å². The lowest BCUT2D eigenvalue weighted by molar-refractivity contribution is 0.0600. The summed E-state index contributed by atoms with van der Waals surface area (Å²) >= 11 is 0. The first-order valence-corrected chi connectivity index (χ1v) is 22.1. The third-order valence-corrected chi connectivity index (χ3v) is 22.4. The van der Waals surface area contributed by atoms with Crippen molar-refractivity contribution in [2.24, 2.45) is 10.2 Å². The maximum atomic E-state index is 11.6. The SMILES string of the molecule is C.CC(C)[Si](C#CCOc1ccc(C=O)cc1N=[N+]=[N-])(C(C)C)C(C)C.COC(=O)c1ccc(OCC#C[Si](C(C)C)(C(C)C)C(C)C)c(N=[N+]=[N-])c1. The third-order valence-electron chi connectivity index (χ3n) is 9.75. The molecule has 0 unspecified atom stereocenters. The normalized spacial score (nSPS) is 10.8. The summed E-state index contributed by atoms with van der Waals surface area (Å²) in [6.07, 6.45) is 0.702. The predicted molar refractivity (Wildman–Crippen MR) is 223 cm³/mol. The van der Waals surface area contributed by atoms with Crippen LogP contribution in [-0.4, -0.2) is 48.7 Å². The maximum absolute atomic E-state index is 11.6. The van der Waals surface area contributed by atoms with Crippen LogP contribution in [-0.2, 0) is 4.74 Å². The monoisotopic (exact) mass is 760 g/mol. The average molecular weight is 761 g/mol. The highest BCUT2D eigenvalue weighted by Crippen LogP contribution is 2.42. The van der Waals surface area contributed by atoms with E-state index in [1.165, 1.54) is 19.2 Å². The highest BCUT2D eigenvalue weighted by molar-refractivity contribution is 6.91. The van der Waals surface area contributed by atoms with Crippen molar-refractivity contribution in [3.8, 4) is 34.4 Å². The van der Waals surface area contributed by atoms with E-state index in [4.69, 9.17) is 20.5 Å². The maximum Gasteiger partial charge on any atom is 0.337 e. The van der Waals surface area contributed by atoms with E-state index in [9.17, 15) is 9.59 Å². The number of hydrogen-bond acceptors (Lipinski definition) is 7. The van der Waals surface area contributed by atoms with Gasteiger partial charge in [-0.3, -0.25) is 4.79 Å². The summed E-state index contributed by atoms with van der Waals surface area (Å²) in [6.45, 7) is 27.6. The van der Waals surface area contributed by atoms with Crippen LogP contribution in [0.3, 0.4) is 0 Å². The van der Waals surface area contributed by atoms with E-state index in [1.807, 2.05) is 0 Å². The molecule has 0 aliphatic heterocycles. The predicted octanol–water partition coefficient (Wildman–Crippen LogP) is 12.7. The molecule has 0 N–H and O–H groups in total. The molecule has 0 saturated carbocycles. The molecular weight excluding hydrogens is 701 g/mol. The van der Waals surface area contributed by atoms with Crippen LogP contribution in [0.5, 0.6) is 11.5 Å². The molecule has 0 saturated heterocycles. The lowest BCUT2D eigenvalue weighted by Gasteiger charge is -2.38. The minimum atomic E-state index is -1.81. The van der Waals surface area contributed by atoms with Gasteiger partial charge in [0.25, 0.3) is 0 Å². The second kappa shape index (κ2) is 23.1. The summed E-state index contributed by atoms with van der Waals surface area (Å²) < 4.78 is 16.1. The number of ether oxygens (including phenoxy) is 3. The molecule has 2 rings (SSSR count). The lowest BCUT2D eigenvalue weighted by atomic mass is 10.2. The van der Waals surface area contributed by atoms with E-state index in [0.29, 0.717) is 67.8 Å². The standard InChI is InChI=1S/C20H29N3O3Si.C19H27N3O2Si.CH4/c1-14(2)27(15(3)4,16(5)6)12-8-11-26-19-10-9-17(20(24)25-7)13-18(19)22-23-21;1-14(2)25(15(3)4,16(5)6)11-7-10-24-19-9-8-17(13-23)12-18(19)21-22-20;/h9-10,13-16H,11H2,1-7H3;8-9,12-16H,10H2,1-6H3;1H4. The van der Waals surface area contributed by atoms with Crippen molar-refractivity contribution in [1.29, 1.82) is 0 Å². The molecule has 0 heterocycles. The minimum absolute atomic E-state index is 0. The fourth-order valence-electron chi connectivity index (χ4n) is 7.34. The second-order valence-electron chi connectivity index (χ2n) is 14.4. The molecule has 2 aromatic carbocycles. The molecule has 288 valence electrons. The number of hydrogen-bond donors (Lipinski definition) is 0. The van der Waals surface area contributed by atoms with Gasteiger partial charge in [0.1, 0.15) is 47.1 Å². The van der Waals surface area contributed by atoms with Crippen molar-refractivity contribution in [2.75, 3.05) is 20.3 Å². The lowest BCUT2D eigenvalue weighted by Crippen LogP contribution is -2.43. The van der Waals surface area contributed by atoms with Gasteiger partial charge in [-0.25, -0.2) is 4.79 Å². The zero-order valence-electron chi connectivity index (χ0n) is 33.1. The molecular formula is C40H60N6O5Si2. The third kappa shape index (κ3) is 12.8. The topological polar surface area (TPSA) is 159 Å². The molecule has 2 aromatic rings. The number of azide groups is 2. The summed E-state index contributed by atoms with van der Waals surface area (Å²) in [6, 6.07) is 9.37. The van der Waals surface area contributed by atoms with Crippen LogP contribution < -0.4 is 9.47 Å². The summed E-state index contributed by atoms with van der Waals surface area (Å²) in [4.78, 5) is 28.0. The van der Waals surface area contributed by atoms with Gasteiger partial charge in [-0.15, -0.1) is 11.1 Å². The van der Waals surface area contributed by atoms with E-state index in [1.54, 1.807) is 24.3 Å². The Morgan fingerprint density at radius 1 is 0.698 bits per heavy atom. The zero-order chi connectivity index (χ0) is 39.6. The van der Waals surface area contributed by atoms with Crippen LogP contribution in [0.1, 0.15) is 111 Å². The first-order valence-electron chi connectivity index (χ1n) is 17.7. The molecule has 11 nitrogen and oxygen atoms in total. The number of aldehydes is 1. The van der Waals surface area contributed by atoms with Gasteiger partial charge in [0.2, 0.25) is 0 Å². The molecule has 13 heteroatoms. The Balaban J connectivity index is 0.00000100. The number of carbonyl (C=O) groups excluding carboxylic acids is 2. The fourth-order valence-corrected chi connectivity index (χ4v) is 17.8. The Labute approximate surface area is 319 Å². The van der Waals surface area contributed by atoms with Gasteiger partial charge < -0.3 is 14.2 Å². The largest absolute Gasteiger partial charge is 0.480 e. The van der Waals surface area contributed by atoms with Crippen molar-refractivity contribution in [1.82, 2.24) is 0 Å². The Hall–Kier alpha value is -4.65. The first-order chi connectivity index (χ1) is 24.5. The molecule has 0 radical (unpaired) electrons. The number of rotatable bonds is 14. The molecule has 53 heavy (non-hydrogen) atoms. The average Bonchev–Trinajstić information content (AvgIpc) is 3.08. The van der Waals surface area contributed by atoms with Gasteiger partial charge in [0.15, 0.2) is 0 Å². The van der Waals surface area contributed by atoms with Crippen molar-refractivity contribution in [3.63, 3.8) is 0 Å². The highest BCUT2D eigenvalue weighted by atomic mass is 28.3. The van der Waals surface area contributed by atoms with E-state index in [0.717, 1.165) is 0 Å². The number of nitrogens with zero attached hydrogens (tertiary/aromatic N) is 6. The number of esters is 1. The van der Waals surface area contributed by atoms with Crippen LogP contribution in [0.4, 0.5) is 11.4 Å². The number of methoxy groups -OCH3 is 1. The van der Waals surface area contributed by atoms with E-state index in [-0.39, 0.29) is 26.3 Å². The molecule has 0 spiro atoms. The summed E-state index contributed by atoms with van der Waals surface area (Å²) in [5, 5.41) is 7.19. The smallest absolute Gasteiger partial charge is 0.337 e. The summed E-state index contributed by atoms with van der Waals surface area (Å²) in [5.74, 6) is 6.72. The number of carbonyl (C=O) groups is 2. The van der Waals surface area contributed by atoms with E-state index >= 15 is 0 Å². The number of benzene rings is 2. The van der Waals surface area contributed by atoms with Gasteiger partial charge in [0.05, 0.1) is 24.0 Å². The van der Waals surface area contributed by atoms with Crippen LogP contribution >= 0.6 is 0 Å². The van der Waals surface area contributed by atoms with Crippen LogP contribution in [0.2, 0.25) is 33.2 Å². The van der Waals surface area contributed by atoms with E-state index < -0.39 is 22.1 Å². The van der Waals surface area contributed by atoms with Gasteiger partial charge >= 0.3 is 5.97 Å². The van der Waals surface area contributed by atoms with Gasteiger partial charge in [-0.05, 0) is 80.7 Å². The van der Waals surface area contributed by atoms with Gasteiger partial charge in [0, 0.05) is 15.4 Å². The van der Waals surface area contributed by atoms with Crippen molar-refractivity contribution >= 4 is 39.8 Å². The van der Waals surface area contributed by atoms with Crippen LogP contribution in [0, 0.1) is 22.9 Å². The Bertz CT molecular complexity index is 1700. The second-order valence-corrected chi connectivity index (χ2v) is 25.5. The zero-order valence-corrected chi connectivity index (χ0v) is 35.1. The molecule has 0 aromatic heterocycles. The Kier molecular flexibility index (Phi) is 21.1. The van der Waals surface area contributed by atoms with Crippen molar-refractivity contribution in [2.45, 2.75) is 124 Å². The quantitative estimate of drug-likeness (QED) is 0.0356. The molecule has 0 bridgehead atoms. The fraction of sp³-hybridized carbons (Fsp3) is 0.550. The van der Waals surface area contributed by atoms with E-state index in [2.05, 4.69) is 131 Å². The summed E-state index contributed by atoms with van der Waals surface area (Å²) in [7, 11) is -2.29. The van der Waals surface area contributed by atoms with Crippen molar-refractivity contribution < 1.29 is 23.8 Å². The Morgan fingerprint density at radius 3 is 1.42 bits per heavy atom. The molecule has 0 aliphatic carbocycles. The Morgan fingerprint density at radius 2 is 1.08 bits per heavy atom. The van der Waals surface area contributed by atoms with Crippen LogP contribution in [0.25, 0.3) is 20.9 Å². The van der Waals surface area contributed by atoms with Gasteiger partial charge in [-0.2, -0.15) is 0 Å². The van der Waals surface area contributed by atoms with Crippen molar-refractivity contribution in [3.05, 3.63) is 68.4 Å². The summed E-state index contributed by atoms with van der Waals surface area (Å²) in [5.41, 5.74) is 29.2. The highest BCUT2D eigenvalue weighted by Gasteiger charge is 2.42. The minimum Gasteiger partial charge on any atom is -0.480 e. The molecule has 0 atom stereocenters.